The number of hydrogen-bond acceptors (Lipinski definition) is 6. The van der Waals surface area contributed by atoms with Gasteiger partial charge in [0.15, 0.2) is 0 Å². The van der Waals surface area contributed by atoms with Crippen molar-refractivity contribution in [1.29, 1.82) is 0 Å². The van der Waals surface area contributed by atoms with E-state index in [4.69, 9.17) is 19.7 Å². The van der Waals surface area contributed by atoms with Gasteiger partial charge < -0.3 is 25.2 Å². The highest BCUT2D eigenvalue weighted by atomic mass is 19.4. The minimum Gasteiger partial charge on any atom is -0.492 e. The van der Waals surface area contributed by atoms with E-state index in [-0.39, 0.29) is 24.9 Å². The number of carboxylic acid groups (broad SMARTS) is 2. The second-order valence-electron chi connectivity index (χ2n) is 7.58. The maximum atomic E-state index is 12.9. The monoisotopic (exact) mass is 499 g/mol. The molecule has 0 unspecified atom stereocenters. The molecule has 3 N–H and O–H groups in total. The molecule has 0 saturated carbocycles. The van der Waals surface area contributed by atoms with Gasteiger partial charge in [-0.25, -0.2) is 4.79 Å². The summed E-state index contributed by atoms with van der Waals surface area (Å²) in [6.45, 7) is 6.86. The summed E-state index contributed by atoms with van der Waals surface area (Å²) < 4.78 is 37.5. The van der Waals surface area contributed by atoms with E-state index >= 15 is 0 Å². The SMILES string of the molecule is Cc1cc(OCCNc2ccncc2)cc(C(=O)N(CCC(=O)O)C(C)C)c1.O=C(O)C(F)(F)F. The summed E-state index contributed by atoms with van der Waals surface area (Å²) in [5, 5.41) is 19.3. The average Bonchev–Trinajstić information content (AvgIpc) is 2.76. The Bertz CT molecular complexity index is 984. The van der Waals surface area contributed by atoms with Gasteiger partial charge in [0.2, 0.25) is 0 Å². The molecule has 35 heavy (non-hydrogen) atoms. The van der Waals surface area contributed by atoms with Gasteiger partial charge in [0, 0.05) is 42.8 Å². The number of amides is 1. The molecule has 0 bridgehead atoms. The van der Waals surface area contributed by atoms with Crippen LogP contribution in [0.2, 0.25) is 0 Å². The van der Waals surface area contributed by atoms with Gasteiger partial charge in [-0.2, -0.15) is 13.2 Å². The summed E-state index contributed by atoms with van der Waals surface area (Å²) in [5.74, 6) is -3.26. The molecule has 1 amide bonds. The van der Waals surface area contributed by atoms with Crippen LogP contribution in [-0.4, -0.2) is 69.9 Å². The summed E-state index contributed by atoms with van der Waals surface area (Å²) in [6, 6.07) is 9.03. The van der Waals surface area contributed by atoms with Gasteiger partial charge >= 0.3 is 18.1 Å². The fourth-order valence-corrected chi connectivity index (χ4v) is 2.76. The lowest BCUT2D eigenvalue weighted by Gasteiger charge is -2.26. The summed E-state index contributed by atoms with van der Waals surface area (Å²) in [6.07, 6.45) is -1.74. The highest BCUT2D eigenvalue weighted by molar-refractivity contribution is 5.95. The predicted molar refractivity (Wildman–Crippen MR) is 122 cm³/mol. The molecule has 1 aromatic carbocycles. The first-order chi connectivity index (χ1) is 16.3. The molecule has 0 saturated heterocycles. The van der Waals surface area contributed by atoms with Gasteiger partial charge in [-0.3, -0.25) is 14.6 Å². The number of rotatable bonds is 10. The number of anilines is 1. The van der Waals surface area contributed by atoms with E-state index in [1.165, 1.54) is 0 Å². The molecule has 1 heterocycles. The van der Waals surface area contributed by atoms with Crippen LogP contribution in [0.4, 0.5) is 18.9 Å². The molecule has 0 atom stereocenters. The number of hydrogen-bond donors (Lipinski definition) is 3. The molecule has 12 heteroatoms. The van der Waals surface area contributed by atoms with Crippen molar-refractivity contribution < 1.29 is 42.5 Å². The number of aryl methyl sites for hydroxylation is 1. The number of benzene rings is 1. The lowest BCUT2D eigenvalue weighted by Crippen LogP contribution is -2.38. The first-order valence-electron chi connectivity index (χ1n) is 10.5. The van der Waals surface area contributed by atoms with Crippen molar-refractivity contribution in [3.63, 3.8) is 0 Å². The highest BCUT2D eigenvalue weighted by Gasteiger charge is 2.38. The summed E-state index contributed by atoms with van der Waals surface area (Å²) in [5.41, 5.74) is 2.37. The van der Waals surface area contributed by atoms with Crippen LogP contribution in [0.3, 0.4) is 0 Å². The Morgan fingerprint density at radius 3 is 2.23 bits per heavy atom. The molecule has 0 spiro atoms. The number of aliphatic carboxylic acids is 2. The summed E-state index contributed by atoms with van der Waals surface area (Å²) >= 11 is 0. The Morgan fingerprint density at radius 2 is 1.71 bits per heavy atom. The average molecular weight is 499 g/mol. The number of pyridine rings is 1. The van der Waals surface area contributed by atoms with Gasteiger partial charge in [-0.1, -0.05) is 0 Å². The summed E-state index contributed by atoms with van der Waals surface area (Å²) in [7, 11) is 0. The van der Waals surface area contributed by atoms with Gasteiger partial charge in [-0.15, -0.1) is 0 Å². The molecule has 0 aliphatic heterocycles. The Balaban J connectivity index is 0.000000762. The van der Waals surface area contributed by atoms with Crippen molar-refractivity contribution in [3.05, 3.63) is 53.9 Å². The van der Waals surface area contributed by atoms with Crippen LogP contribution < -0.4 is 10.1 Å². The predicted octanol–water partition coefficient (Wildman–Crippen LogP) is 3.84. The first kappa shape index (κ1) is 29.2. The Kier molecular flexibility index (Phi) is 11.5. The number of carbonyl (C=O) groups is 3. The smallest absolute Gasteiger partial charge is 0.490 e. The maximum Gasteiger partial charge on any atom is 0.490 e. The summed E-state index contributed by atoms with van der Waals surface area (Å²) in [4.78, 5) is 38.2. The van der Waals surface area contributed by atoms with Crippen molar-refractivity contribution in [3.8, 4) is 5.75 Å². The number of halogens is 3. The lowest BCUT2D eigenvalue weighted by atomic mass is 10.1. The number of aromatic nitrogens is 1. The fourth-order valence-electron chi connectivity index (χ4n) is 2.76. The molecule has 2 aromatic rings. The van der Waals surface area contributed by atoms with Crippen LogP contribution in [0.25, 0.3) is 0 Å². The van der Waals surface area contributed by atoms with E-state index in [9.17, 15) is 22.8 Å². The number of nitrogens with zero attached hydrogens (tertiary/aromatic N) is 2. The van der Waals surface area contributed by atoms with Crippen molar-refractivity contribution in [2.45, 2.75) is 39.4 Å². The molecule has 2 rings (SSSR count). The third-order valence-corrected chi connectivity index (χ3v) is 4.37. The molecule has 0 aliphatic carbocycles. The number of carboxylic acids is 2. The minimum absolute atomic E-state index is 0.0836. The molecule has 192 valence electrons. The van der Waals surface area contributed by atoms with Crippen molar-refractivity contribution in [2.24, 2.45) is 0 Å². The Hall–Kier alpha value is -3.83. The standard InChI is InChI=1S/C21H27N3O4.C2HF3O2/c1-15(2)24(10-6-20(25)26)21(27)17-12-16(3)13-19(14-17)28-11-9-23-18-4-7-22-8-5-18;3-2(4,5)1(6)7/h4-5,7-8,12-15H,6,9-11H2,1-3H3,(H,22,23)(H,25,26);(H,6,7). The van der Waals surface area contributed by atoms with Crippen LogP contribution >= 0.6 is 0 Å². The number of carbonyl (C=O) groups excluding carboxylic acids is 1. The van der Waals surface area contributed by atoms with Crippen molar-refractivity contribution in [2.75, 3.05) is 25.0 Å². The molecule has 1 aromatic heterocycles. The van der Waals surface area contributed by atoms with Crippen molar-refractivity contribution >= 4 is 23.5 Å². The molecule has 9 nitrogen and oxygen atoms in total. The van der Waals surface area contributed by atoms with E-state index in [2.05, 4.69) is 10.3 Å². The third kappa shape index (κ3) is 11.2. The number of alkyl halides is 3. The van der Waals surface area contributed by atoms with Gasteiger partial charge in [0.1, 0.15) is 12.4 Å². The second kappa shape index (κ2) is 13.8. The first-order valence-corrected chi connectivity index (χ1v) is 10.5. The van der Waals surface area contributed by atoms with Crippen molar-refractivity contribution in [1.82, 2.24) is 9.88 Å². The minimum atomic E-state index is -5.08. The van der Waals surface area contributed by atoms with Crippen LogP contribution in [0.15, 0.2) is 42.7 Å². The second-order valence-corrected chi connectivity index (χ2v) is 7.58. The molecular weight excluding hydrogens is 471 g/mol. The quantitative estimate of drug-likeness (QED) is 0.421. The van der Waals surface area contributed by atoms with Gasteiger partial charge in [0.25, 0.3) is 5.91 Å². The molecule has 0 fully saturated rings. The van der Waals surface area contributed by atoms with E-state index in [1.807, 2.05) is 39.0 Å². The Morgan fingerprint density at radius 1 is 1.11 bits per heavy atom. The zero-order valence-corrected chi connectivity index (χ0v) is 19.5. The van der Waals surface area contributed by atoms with E-state index < -0.39 is 18.1 Å². The van der Waals surface area contributed by atoms with Crippen LogP contribution in [0.5, 0.6) is 5.75 Å². The molecule has 0 radical (unpaired) electrons. The number of nitrogens with one attached hydrogen (secondary N) is 1. The lowest BCUT2D eigenvalue weighted by molar-refractivity contribution is -0.192. The zero-order valence-electron chi connectivity index (χ0n) is 19.5. The maximum absolute atomic E-state index is 12.9. The normalized spacial score (nSPS) is 10.7. The van der Waals surface area contributed by atoms with Gasteiger partial charge in [-0.05, 0) is 56.7 Å². The van der Waals surface area contributed by atoms with E-state index in [0.717, 1.165) is 11.3 Å². The molecule has 0 aliphatic rings. The van der Waals surface area contributed by atoms with Crippen LogP contribution in [0.1, 0.15) is 36.2 Å². The highest BCUT2D eigenvalue weighted by Crippen LogP contribution is 2.20. The van der Waals surface area contributed by atoms with Gasteiger partial charge in [0.05, 0.1) is 6.42 Å². The largest absolute Gasteiger partial charge is 0.492 e. The van der Waals surface area contributed by atoms with Crippen LogP contribution in [-0.2, 0) is 9.59 Å². The topological polar surface area (TPSA) is 129 Å². The third-order valence-electron chi connectivity index (χ3n) is 4.37. The van der Waals surface area contributed by atoms with Crippen LogP contribution in [0, 0.1) is 6.92 Å². The number of ether oxygens (including phenoxy) is 1. The zero-order chi connectivity index (χ0) is 26.6. The Labute approximate surface area is 200 Å². The van der Waals surface area contributed by atoms with E-state index in [0.29, 0.717) is 24.5 Å². The van der Waals surface area contributed by atoms with E-state index in [1.54, 1.807) is 29.4 Å². The molecular formula is C23H28F3N3O6. The fraction of sp³-hybridized carbons (Fsp3) is 0.391.